The minimum atomic E-state index is -0.239. The molecule has 1 aromatic carbocycles. The number of aryl methyl sites for hydroxylation is 2. The zero-order valence-corrected chi connectivity index (χ0v) is 14.7. The molecule has 0 spiro atoms. The van der Waals surface area contributed by atoms with E-state index in [0.717, 1.165) is 16.3 Å². The van der Waals surface area contributed by atoms with Crippen LogP contribution in [0, 0.1) is 6.92 Å². The molecule has 1 heterocycles. The number of carbonyl (C=O) groups is 2. The smallest absolute Gasteiger partial charge is 0.247 e. The van der Waals surface area contributed by atoms with Gasteiger partial charge in [-0.2, -0.15) is 0 Å². The number of hydrogen-bond donors (Lipinski definition) is 1. The Hall–Kier alpha value is -2.47. The van der Waals surface area contributed by atoms with Crippen molar-refractivity contribution in [3.63, 3.8) is 0 Å². The Kier molecular flexibility index (Phi) is 6.26. The van der Waals surface area contributed by atoms with Crippen LogP contribution in [0.4, 0.5) is 5.69 Å². The third-order valence-corrected chi connectivity index (χ3v) is 4.35. The maximum Gasteiger partial charge on any atom is 0.247 e. The minimum Gasteiger partial charge on any atom is -0.340 e. The van der Waals surface area contributed by atoms with Gasteiger partial charge in [0.1, 0.15) is 0 Å². The Bertz CT molecular complexity index is 722. The number of nitrogens with zero attached hydrogens (tertiary/aromatic N) is 2. The summed E-state index contributed by atoms with van der Waals surface area (Å²) < 4.78 is 0. The summed E-state index contributed by atoms with van der Waals surface area (Å²) in [6.07, 6.45) is 2.33. The zero-order valence-electron chi connectivity index (χ0n) is 13.9. The SMILES string of the molecule is C=CC(=O)Nc1ccc(CCC(=O)N(C)Cc2csc(C)n2)cc1. The molecule has 0 fully saturated rings. The standard InChI is InChI=1S/C18H21N3O2S/c1-4-17(22)20-15-8-5-14(6-9-15)7-10-18(23)21(3)11-16-12-24-13(2)19-16/h4-6,8-9,12H,1,7,10-11H2,2-3H3,(H,20,22). The molecule has 0 aliphatic heterocycles. The van der Waals surface area contributed by atoms with E-state index < -0.39 is 0 Å². The molecule has 0 saturated carbocycles. The second kappa shape index (κ2) is 8.40. The number of aromatic nitrogens is 1. The van der Waals surface area contributed by atoms with Crippen molar-refractivity contribution in [3.05, 3.63) is 58.6 Å². The molecule has 1 N–H and O–H groups in total. The number of benzene rings is 1. The van der Waals surface area contributed by atoms with Crippen molar-refractivity contribution >= 4 is 28.8 Å². The molecule has 2 amide bonds. The summed E-state index contributed by atoms with van der Waals surface area (Å²) in [4.78, 5) is 29.5. The van der Waals surface area contributed by atoms with E-state index >= 15 is 0 Å². The molecule has 0 aliphatic rings. The Morgan fingerprint density at radius 2 is 2.04 bits per heavy atom. The summed E-state index contributed by atoms with van der Waals surface area (Å²) in [7, 11) is 1.80. The number of nitrogens with one attached hydrogen (secondary N) is 1. The summed E-state index contributed by atoms with van der Waals surface area (Å²) >= 11 is 1.59. The molecule has 0 radical (unpaired) electrons. The van der Waals surface area contributed by atoms with Gasteiger partial charge in [0.25, 0.3) is 0 Å². The topological polar surface area (TPSA) is 62.3 Å². The average Bonchev–Trinajstić information content (AvgIpc) is 2.98. The van der Waals surface area contributed by atoms with Gasteiger partial charge in [-0.05, 0) is 37.1 Å². The van der Waals surface area contributed by atoms with Gasteiger partial charge in [0.05, 0.1) is 17.2 Å². The zero-order chi connectivity index (χ0) is 17.5. The van der Waals surface area contributed by atoms with E-state index in [4.69, 9.17) is 0 Å². The molecule has 2 aromatic rings. The van der Waals surface area contributed by atoms with Crippen LogP contribution in [0.3, 0.4) is 0 Å². The van der Waals surface area contributed by atoms with Crippen molar-refractivity contribution in [1.82, 2.24) is 9.88 Å². The lowest BCUT2D eigenvalue weighted by molar-refractivity contribution is -0.130. The minimum absolute atomic E-state index is 0.0877. The maximum atomic E-state index is 12.2. The van der Waals surface area contributed by atoms with E-state index in [9.17, 15) is 9.59 Å². The van der Waals surface area contributed by atoms with E-state index in [1.807, 2.05) is 36.6 Å². The molecular formula is C18H21N3O2S. The lowest BCUT2D eigenvalue weighted by atomic mass is 10.1. The molecule has 0 unspecified atom stereocenters. The number of thiazole rings is 1. The number of hydrogen-bond acceptors (Lipinski definition) is 4. The number of rotatable bonds is 7. The van der Waals surface area contributed by atoms with Crippen LogP contribution in [-0.2, 0) is 22.6 Å². The van der Waals surface area contributed by atoms with Gasteiger partial charge in [-0.3, -0.25) is 9.59 Å². The summed E-state index contributed by atoms with van der Waals surface area (Å²) in [6.45, 7) is 5.91. The molecule has 24 heavy (non-hydrogen) atoms. The van der Waals surface area contributed by atoms with Gasteiger partial charge in [0, 0.05) is 24.5 Å². The van der Waals surface area contributed by atoms with Gasteiger partial charge in [-0.1, -0.05) is 18.7 Å². The molecular weight excluding hydrogens is 322 g/mol. The van der Waals surface area contributed by atoms with Crippen molar-refractivity contribution < 1.29 is 9.59 Å². The Balaban J connectivity index is 1.82. The van der Waals surface area contributed by atoms with Crippen LogP contribution >= 0.6 is 11.3 Å². The van der Waals surface area contributed by atoms with E-state index in [0.29, 0.717) is 25.1 Å². The van der Waals surface area contributed by atoms with Gasteiger partial charge in [0.2, 0.25) is 11.8 Å². The molecule has 5 nitrogen and oxygen atoms in total. The highest BCUT2D eigenvalue weighted by Gasteiger charge is 2.11. The Morgan fingerprint density at radius 3 is 2.62 bits per heavy atom. The quantitative estimate of drug-likeness (QED) is 0.786. The Labute approximate surface area is 146 Å². The largest absolute Gasteiger partial charge is 0.340 e. The first kappa shape index (κ1) is 17.9. The van der Waals surface area contributed by atoms with Crippen molar-refractivity contribution in [3.8, 4) is 0 Å². The third kappa shape index (κ3) is 5.31. The summed E-state index contributed by atoms with van der Waals surface area (Å²) in [5.74, 6) is -0.151. The highest BCUT2D eigenvalue weighted by atomic mass is 32.1. The number of amides is 2. The van der Waals surface area contributed by atoms with Gasteiger partial charge < -0.3 is 10.2 Å². The molecule has 0 bridgehead atoms. The molecule has 0 aliphatic carbocycles. The molecule has 0 atom stereocenters. The fourth-order valence-electron chi connectivity index (χ4n) is 2.20. The van der Waals surface area contributed by atoms with Gasteiger partial charge >= 0.3 is 0 Å². The van der Waals surface area contributed by atoms with Crippen LogP contribution in [0.15, 0.2) is 42.3 Å². The second-order valence-electron chi connectivity index (χ2n) is 5.50. The van der Waals surface area contributed by atoms with E-state index in [1.54, 1.807) is 23.3 Å². The van der Waals surface area contributed by atoms with E-state index in [-0.39, 0.29) is 11.8 Å². The molecule has 1 aromatic heterocycles. The van der Waals surface area contributed by atoms with Crippen LogP contribution in [0.25, 0.3) is 0 Å². The van der Waals surface area contributed by atoms with Gasteiger partial charge in [0.15, 0.2) is 0 Å². The molecule has 2 rings (SSSR count). The normalized spacial score (nSPS) is 10.2. The summed E-state index contributed by atoms with van der Waals surface area (Å²) in [6, 6.07) is 7.47. The van der Waals surface area contributed by atoms with Crippen LogP contribution < -0.4 is 5.32 Å². The monoisotopic (exact) mass is 343 g/mol. The fraction of sp³-hybridized carbons (Fsp3) is 0.278. The number of anilines is 1. The second-order valence-corrected chi connectivity index (χ2v) is 6.56. The number of carbonyl (C=O) groups excluding carboxylic acids is 2. The molecule has 6 heteroatoms. The van der Waals surface area contributed by atoms with Gasteiger partial charge in [-0.15, -0.1) is 11.3 Å². The first-order valence-electron chi connectivity index (χ1n) is 7.65. The highest BCUT2D eigenvalue weighted by Crippen LogP contribution is 2.13. The molecule has 126 valence electrons. The predicted molar refractivity (Wildman–Crippen MR) is 96.9 cm³/mol. The first-order valence-corrected chi connectivity index (χ1v) is 8.53. The van der Waals surface area contributed by atoms with Crippen LogP contribution in [-0.4, -0.2) is 28.7 Å². The molecule has 0 saturated heterocycles. The lowest BCUT2D eigenvalue weighted by Gasteiger charge is -2.16. The third-order valence-electron chi connectivity index (χ3n) is 3.53. The average molecular weight is 343 g/mol. The van der Waals surface area contributed by atoms with E-state index in [2.05, 4.69) is 16.9 Å². The summed E-state index contributed by atoms with van der Waals surface area (Å²) in [5.41, 5.74) is 2.69. The fourth-order valence-corrected chi connectivity index (χ4v) is 2.81. The van der Waals surface area contributed by atoms with Crippen LogP contribution in [0.1, 0.15) is 22.7 Å². The van der Waals surface area contributed by atoms with Crippen molar-refractivity contribution in [1.29, 1.82) is 0 Å². The first-order chi connectivity index (χ1) is 11.5. The predicted octanol–water partition coefficient (Wildman–Crippen LogP) is 3.17. The Morgan fingerprint density at radius 1 is 1.33 bits per heavy atom. The van der Waals surface area contributed by atoms with E-state index in [1.165, 1.54) is 6.08 Å². The van der Waals surface area contributed by atoms with Crippen molar-refractivity contribution in [2.24, 2.45) is 0 Å². The maximum absolute atomic E-state index is 12.2. The highest BCUT2D eigenvalue weighted by molar-refractivity contribution is 7.09. The van der Waals surface area contributed by atoms with Gasteiger partial charge in [-0.25, -0.2) is 4.98 Å². The van der Waals surface area contributed by atoms with Crippen LogP contribution in [0.2, 0.25) is 0 Å². The van der Waals surface area contributed by atoms with Crippen molar-refractivity contribution in [2.75, 3.05) is 12.4 Å². The summed E-state index contributed by atoms with van der Waals surface area (Å²) in [5, 5.41) is 5.68. The van der Waals surface area contributed by atoms with Crippen molar-refractivity contribution in [2.45, 2.75) is 26.3 Å². The van der Waals surface area contributed by atoms with Crippen LogP contribution in [0.5, 0.6) is 0 Å². The lowest BCUT2D eigenvalue weighted by Crippen LogP contribution is -2.26.